The molecule has 7 atom stereocenters. The fraction of sp³-hybridized carbons (Fsp3) is 0.472. The summed E-state index contributed by atoms with van der Waals surface area (Å²) in [6.07, 6.45) is 7.14. The van der Waals surface area contributed by atoms with Crippen molar-refractivity contribution in [2.24, 2.45) is 5.92 Å². The molecule has 3 amide bonds. The van der Waals surface area contributed by atoms with Gasteiger partial charge in [0.2, 0.25) is 17.5 Å². The molecule has 1 aromatic heterocycles. The molecule has 2 aromatic carbocycles. The Morgan fingerprint density at radius 2 is 1.98 bits per heavy atom. The molecule has 0 bridgehead atoms. The van der Waals surface area contributed by atoms with Gasteiger partial charge in [0.25, 0.3) is 11.8 Å². The Morgan fingerprint density at radius 1 is 1.17 bits per heavy atom. The van der Waals surface area contributed by atoms with Crippen LogP contribution in [0.2, 0.25) is 0 Å². The average molecular weight is 624 g/mol. The fourth-order valence-corrected chi connectivity index (χ4v) is 9.12. The van der Waals surface area contributed by atoms with Crippen molar-refractivity contribution in [3.63, 3.8) is 0 Å². The second kappa shape index (κ2) is 10.5. The zero-order valence-corrected chi connectivity index (χ0v) is 26.4. The zero-order valence-electron chi connectivity index (χ0n) is 26.4. The maximum atomic E-state index is 14.3. The van der Waals surface area contributed by atoms with E-state index in [1.54, 1.807) is 4.90 Å². The maximum absolute atomic E-state index is 14.3. The number of aromatic nitrogens is 1. The first-order chi connectivity index (χ1) is 22.1. The van der Waals surface area contributed by atoms with Crippen molar-refractivity contribution in [2.45, 2.75) is 81.3 Å². The molecule has 240 valence electrons. The second-order valence-electron chi connectivity index (χ2n) is 13.9. The Kier molecular flexibility index (Phi) is 6.72. The number of benzene rings is 2. The number of amides is 3. The number of carbonyl (C=O) groups excluding carboxylic acids is 3. The molecule has 3 aromatic rings. The number of carbonyl (C=O) groups is 3. The topological polar surface area (TPSA) is 107 Å². The average Bonchev–Trinajstić information content (AvgIpc) is 3.72. The zero-order chi connectivity index (χ0) is 32.0. The summed E-state index contributed by atoms with van der Waals surface area (Å²) in [6.45, 7) is 7.21. The summed E-state index contributed by atoms with van der Waals surface area (Å²) in [5.74, 6) is -3.37. The summed E-state index contributed by atoms with van der Waals surface area (Å²) in [4.78, 5) is 47.3. The standard InChI is InChI=1S/C36H41N5O5/c1-4-15-39-21-23-19-28-26(25-12-8-13-27(39)31(23)25)18-24(20-38(28)3)32(42)37-35(2)34(44)41-29(17-22-10-6-5-7-11-22)33(43)40-16-9-14-30(40)36(41,45)46-35/h4-8,10-13,21,24,26,28-30,45H,1,9,14-20H2,2-3H3,(H,37,42)/t24-,26?,28-,29+,30+,35-,36+/m1/s1. The normalized spacial score (nSPS) is 33.6. The summed E-state index contributed by atoms with van der Waals surface area (Å²) in [6, 6.07) is 14.5. The lowest BCUT2D eigenvalue weighted by Gasteiger charge is -2.48. The van der Waals surface area contributed by atoms with Crippen LogP contribution in [0.4, 0.5) is 0 Å². The lowest BCUT2D eigenvalue weighted by molar-refractivity contribution is -0.315. The van der Waals surface area contributed by atoms with E-state index in [0.717, 1.165) is 18.5 Å². The van der Waals surface area contributed by atoms with Crippen LogP contribution in [0.3, 0.4) is 0 Å². The van der Waals surface area contributed by atoms with E-state index in [9.17, 15) is 19.5 Å². The van der Waals surface area contributed by atoms with Gasteiger partial charge in [-0.05, 0) is 62.4 Å². The number of allylic oxidation sites excluding steroid dienone is 1. The van der Waals surface area contributed by atoms with Crippen LogP contribution in [-0.4, -0.2) is 92.0 Å². The molecule has 2 N–H and O–H groups in total. The number of nitrogens with zero attached hydrogens (tertiary/aromatic N) is 4. The Labute approximate surface area is 268 Å². The van der Waals surface area contributed by atoms with Gasteiger partial charge in [0.05, 0.1) is 5.92 Å². The molecule has 1 aliphatic carbocycles. The molecule has 5 aliphatic rings. The molecular weight excluding hydrogens is 582 g/mol. The van der Waals surface area contributed by atoms with Gasteiger partial charge in [-0.3, -0.25) is 24.0 Å². The Hall–Kier alpha value is -3.99. The van der Waals surface area contributed by atoms with Gasteiger partial charge < -0.3 is 24.8 Å². The number of aliphatic hydroxyl groups is 1. The number of likely N-dealkylation sites (tertiary alicyclic amines) is 1. The first kappa shape index (κ1) is 29.4. The van der Waals surface area contributed by atoms with Gasteiger partial charge in [0.1, 0.15) is 12.1 Å². The largest absolute Gasteiger partial charge is 0.347 e. The van der Waals surface area contributed by atoms with Crippen LogP contribution in [0.5, 0.6) is 0 Å². The van der Waals surface area contributed by atoms with Gasteiger partial charge in [-0.2, -0.15) is 0 Å². The third-order valence-corrected chi connectivity index (χ3v) is 11.1. The Morgan fingerprint density at radius 3 is 2.76 bits per heavy atom. The molecule has 4 saturated heterocycles. The van der Waals surface area contributed by atoms with E-state index in [-0.39, 0.29) is 30.2 Å². The SMILES string of the molecule is C=CCn1cc2c3c(cccc31)C1C[C@@H](C(=O)N[C@]3(C)O[C@@]4(O)[C@@H]5CCCN5C(=O)[C@H](Cc5ccccc5)N4C3=O)CN(C)[C@@H]1C2. The van der Waals surface area contributed by atoms with Crippen LogP contribution in [0.25, 0.3) is 10.9 Å². The molecule has 4 fully saturated rings. The van der Waals surface area contributed by atoms with Gasteiger partial charge in [-0.15, -0.1) is 6.58 Å². The van der Waals surface area contributed by atoms with E-state index in [1.807, 2.05) is 36.4 Å². The number of hydrogen-bond donors (Lipinski definition) is 2. The molecule has 1 unspecified atom stereocenters. The monoisotopic (exact) mass is 623 g/mol. The van der Waals surface area contributed by atoms with E-state index >= 15 is 0 Å². The lowest BCUT2D eigenvalue weighted by Crippen LogP contribution is -2.71. The number of fused-ring (bicyclic) bond motifs is 5. The minimum atomic E-state index is -2.04. The highest BCUT2D eigenvalue weighted by molar-refractivity contribution is 5.97. The number of piperidine rings is 1. The van der Waals surface area contributed by atoms with Gasteiger partial charge in [0.15, 0.2) is 0 Å². The van der Waals surface area contributed by atoms with E-state index in [4.69, 9.17) is 4.74 Å². The third kappa shape index (κ3) is 4.23. The first-order valence-electron chi connectivity index (χ1n) is 16.5. The molecule has 10 nitrogen and oxygen atoms in total. The van der Waals surface area contributed by atoms with Crippen molar-refractivity contribution in [3.8, 4) is 0 Å². The van der Waals surface area contributed by atoms with Crippen molar-refractivity contribution in [1.29, 1.82) is 0 Å². The number of nitrogens with one attached hydrogen (secondary N) is 1. The number of ether oxygens (including phenoxy) is 1. The second-order valence-corrected chi connectivity index (χ2v) is 13.9. The molecular formula is C36H41N5O5. The summed E-state index contributed by atoms with van der Waals surface area (Å²) < 4.78 is 8.52. The molecule has 0 radical (unpaired) electrons. The van der Waals surface area contributed by atoms with E-state index in [0.29, 0.717) is 32.4 Å². The number of rotatable bonds is 6. The van der Waals surface area contributed by atoms with E-state index < -0.39 is 35.5 Å². The van der Waals surface area contributed by atoms with Crippen LogP contribution in [0.1, 0.15) is 48.8 Å². The summed E-state index contributed by atoms with van der Waals surface area (Å²) in [5.41, 5.74) is 2.81. The highest BCUT2D eigenvalue weighted by Crippen LogP contribution is 2.47. The fourth-order valence-electron chi connectivity index (χ4n) is 9.12. The molecule has 4 aliphatic heterocycles. The van der Waals surface area contributed by atoms with Crippen molar-refractivity contribution in [2.75, 3.05) is 20.1 Å². The van der Waals surface area contributed by atoms with Crippen molar-refractivity contribution in [1.82, 2.24) is 24.6 Å². The highest BCUT2D eigenvalue weighted by Gasteiger charge is 2.70. The first-order valence-corrected chi connectivity index (χ1v) is 16.5. The smallest absolute Gasteiger partial charge is 0.280 e. The van der Waals surface area contributed by atoms with Crippen LogP contribution >= 0.6 is 0 Å². The molecule has 8 rings (SSSR count). The number of likely N-dealkylation sites (N-methyl/N-ethyl adjacent to an activating group) is 1. The van der Waals surface area contributed by atoms with Crippen LogP contribution in [0, 0.1) is 5.92 Å². The summed E-state index contributed by atoms with van der Waals surface area (Å²) >= 11 is 0. The van der Waals surface area contributed by atoms with Crippen LogP contribution in [0.15, 0.2) is 67.4 Å². The molecule has 0 saturated carbocycles. The molecule has 10 heteroatoms. The van der Waals surface area contributed by atoms with Crippen LogP contribution in [-0.2, 0) is 38.5 Å². The molecule has 0 spiro atoms. The van der Waals surface area contributed by atoms with Crippen LogP contribution < -0.4 is 5.32 Å². The third-order valence-electron chi connectivity index (χ3n) is 11.1. The molecule has 5 heterocycles. The van der Waals surface area contributed by atoms with Gasteiger partial charge in [0, 0.05) is 55.1 Å². The van der Waals surface area contributed by atoms with Crippen molar-refractivity contribution >= 4 is 28.6 Å². The highest BCUT2D eigenvalue weighted by atomic mass is 16.7. The predicted octanol–water partition coefficient (Wildman–Crippen LogP) is 2.74. The predicted molar refractivity (Wildman–Crippen MR) is 171 cm³/mol. The Balaban J connectivity index is 1.07. The lowest BCUT2D eigenvalue weighted by atomic mass is 9.72. The summed E-state index contributed by atoms with van der Waals surface area (Å²) in [5, 5.41) is 16.3. The Bertz CT molecular complexity index is 1760. The number of hydrogen-bond acceptors (Lipinski definition) is 6. The van der Waals surface area contributed by atoms with Crippen molar-refractivity contribution < 1.29 is 24.2 Å². The van der Waals surface area contributed by atoms with Gasteiger partial charge >= 0.3 is 0 Å². The molecule has 46 heavy (non-hydrogen) atoms. The quantitative estimate of drug-likeness (QED) is 0.409. The number of piperazine rings is 1. The van der Waals surface area contributed by atoms with Gasteiger partial charge in [-0.25, -0.2) is 0 Å². The minimum absolute atomic E-state index is 0.147. The summed E-state index contributed by atoms with van der Waals surface area (Å²) in [7, 11) is 2.07. The van der Waals surface area contributed by atoms with E-state index in [2.05, 4.69) is 52.8 Å². The van der Waals surface area contributed by atoms with Gasteiger partial charge in [-0.1, -0.05) is 48.5 Å². The minimum Gasteiger partial charge on any atom is -0.347 e. The van der Waals surface area contributed by atoms with E-state index in [1.165, 1.54) is 33.9 Å². The van der Waals surface area contributed by atoms with Crippen molar-refractivity contribution in [3.05, 3.63) is 84.1 Å². The maximum Gasteiger partial charge on any atom is 0.280 e.